The molecular formula is C22H26N2O. The number of anilines is 1. The number of fused-ring (bicyclic) bond motifs is 1. The summed E-state index contributed by atoms with van der Waals surface area (Å²) in [6.07, 6.45) is 7.54. The van der Waals surface area contributed by atoms with Crippen LogP contribution in [0.4, 0.5) is 5.69 Å². The molecule has 2 N–H and O–H groups in total. The second kappa shape index (κ2) is 8.02. The second-order valence-electron chi connectivity index (χ2n) is 6.59. The molecule has 2 aromatic carbocycles. The Kier molecular flexibility index (Phi) is 5.54. The fourth-order valence-electron chi connectivity index (χ4n) is 3.61. The van der Waals surface area contributed by atoms with Crippen LogP contribution in [-0.2, 0) is 17.6 Å². The number of rotatable bonds is 5. The molecule has 0 saturated carbocycles. The molecule has 0 fully saturated rings. The lowest BCUT2D eigenvalue weighted by Crippen LogP contribution is -2.43. The van der Waals surface area contributed by atoms with Crippen LogP contribution in [0.5, 0.6) is 0 Å². The Morgan fingerprint density at radius 1 is 1.20 bits per heavy atom. The van der Waals surface area contributed by atoms with Gasteiger partial charge in [-0.05, 0) is 42.0 Å². The minimum Gasteiger partial charge on any atom is -0.398 e. The minimum absolute atomic E-state index is 0.218. The van der Waals surface area contributed by atoms with Crippen molar-refractivity contribution in [1.82, 2.24) is 4.90 Å². The van der Waals surface area contributed by atoms with E-state index in [9.17, 15) is 4.79 Å². The van der Waals surface area contributed by atoms with Crippen molar-refractivity contribution in [1.29, 1.82) is 0 Å². The maximum atomic E-state index is 12.5. The highest BCUT2D eigenvalue weighted by Crippen LogP contribution is 2.28. The molecule has 3 nitrogen and oxygen atoms in total. The summed E-state index contributed by atoms with van der Waals surface area (Å²) < 4.78 is 0. The third-order valence-corrected chi connectivity index (χ3v) is 4.97. The van der Waals surface area contributed by atoms with Crippen molar-refractivity contribution in [2.45, 2.75) is 38.6 Å². The third-order valence-electron chi connectivity index (χ3n) is 4.97. The standard InChI is InChI=1S/C22H26N2O/c1-2-22(25)24(15-7-10-17-8-4-3-5-9-17)19-13-14-20-18(16-19)11-6-12-21(20)23/h3-12,19H,2,13-16,23H2,1H3/b10-7+. The summed E-state index contributed by atoms with van der Waals surface area (Å²) in [5.74, 6) is 0.218. The summed E-state index contributed by atoms with van der Waals surface area (Å²) in [6, 6.07) is 16.6. The number of nitrogen functional groups attached to an aromatic ring is 1. The van der Waals surface area contributed by atoms with Crippen LogP contribution in [0.3, 0.4) is 0 Å². The number of benzene rings is 2. The molecule has 0 bridgehead atoms. The van der Waals surface area contributed by atoms with E-state index in [4.69, 9.17) is 5.73 Å². The van der Waals surface area contributed by atoms with Gasteiger partial charge in [0, 0.05) is 24.7 Å². The van der Waals surface area contributed by atoms with Crippen molar-refractivity contribution in [2.24, 2.45) is 0 Å². The molecular weight excluding hydrogens is 308 g/mol. The number of amides is 1. The van der Waals surface area contributed by atoms with E-state index >= 15 is 0 Å². The molecule has 0 saturated heterocycles. The maximum Gasteiger partial charge on any atom is 0.222 e. The first-order chi connectivity index (χ1) is 12.2. The van der Waals surface area contributed by atoms with E-state index in [0.717, 1.165) is 30.5 Å². The Morgan fingerprint density at radius 3 is 2.76 bits per heavy atom. The largest absolute Gasteiger partial charge is 0.398 e. The van der Waals surface area contributed by atoms with Gasteiger partial charge in [0.15, 0.2) is 0 Å². The zero-order chi connectivity index (χ0) is 17.6. The predicted molar refractivity (Wildman–Crippen MR) is 104 cm³/mol. The van der Waals surface area contributed by atoms with Crippen molar-refractivity contribution < 1.29 is 4.79 Å². The van der Waals surface area contributed by atoms with Crippen LogP contribution < -0.4 is 5.73 Å². The molecule has 3 heteroatoms. The third kappa shape index (κ3) is 4.11. The second-order valence-corrected chi connectivity index (χ2v) is 6.59. The summed E-state index contributed by atoms with van der Waals surface area (Å²) in [5.41, 5.74) is 10.7. The van der Waals surface area contributed by atoms with Gasteiger partial charge in [0.25, 0.3) is 0 Å². The molecule has 1 aliphatic carbocycles. The van der Waals surface area contributed by atoms with Gasteiger partial charge in [-0.3, -0.25) is 4.79 Å². The van der Waals surface area contributed by atoms with Gasteiger partial charge in [-0.25, -0.2) is 0 Å². The summed E-state index contributed by atoms with van der Waals surface area (Å²) in [4.78, 5) is 14.5. The Balaban J connectivity index is 1.73. The van der Waals surface area contributed by atoms with Crippen molar-refractivity contribution in [2.75, 3.05) is 12.3 Å². The van der Waals surface area contributed by atoms with Crippen LogP contribution in [0.2, 0.25) is 0 Å². The first-order valence-corrected chi connectivity index (χ1v) is 9.06. The van der Waals surface area contributed by atoms with Gasteiger partial charge in [-0.2, -0.15) is 0 Å². The van der Waals surface area contributed by atoms with Crippen LogP contribution in [0.25, 0.3) is 6.08 Å². The number of hydrogen-bond donors (Lipinski definition) is 1. The lowest BCUT2D eigenvalue weighted by Gasteiger charge is -2.35. The van der Waals surface area contributed by atoms with Crippen LogP contribution in [0.1, 0.15) is 36.5 Å². The van der Waals surface area contributed by atoms with E-state index in [-0.39, 0.29) is 11.9 Å². The molecule has 3 rings (SSSR count). The van der Waals surface area contributed by atoms with Crippen LogP contribution in [0.15, 0.2) is 54.6 Å². The predicted octanol–water partition coefficient (Wildman–Crippen LogP) is 4.08. The summed E-state index contributed by atoms with van der Waals surface area (Å²) in [5, 5.41) is 0. The summed E-state index contributed by atoms with van der Waals surface area (Å²) in [7, 11) is 0. The molecule has 1 unspecified atom stereocenters. The molecule has 1 atom stereocenters. The lowest BCUT2D eigenvalue weighted by molar-refractivity contribution is -0.132. The minimum atomic E-state index is 0.218. The molecule has 25 heavy (non-hydrogen) atoms. The van der Waals surface area contributed by atoms with E-state index in [0.29, 0.717) is 13.0 Å². The van der Waals surface area contributed by atoms with E-state index in [1.807, 2.05) is 42.2 Å². The zero-order valence-corrected chi connectivity index (χ0v) is 14.8. The molecule has 1 amide bonds. The van der Waals surface area contributed by atoms with Crippen LogP contribution >= 0.6 is 0 Å². The smallest absolute Gasteiger partial charge is 0.222 e. The first-order valence-electron chi connectivity index (χ1n) is 9.06. The Labute approximate surface area is 150 Å². The van der Waals surface area contributed by atoms with E-state index < -0.39 is 0 Å². The highest BCUT2D eigenvalue weighted by molar-refractivity contribution is 5.76. The van der Waals surface area contributed by atoms with Crippen molar-refractivity contribution in [3.05, 3.63) is 71.3 Å². The van der Waals surface area contributed by atoms with Crippen LogP contribution in [-0.4, -0.2) is 23.4 Å². The molecule has 130 valence electrons. The van der Waals surface area contributed by atoms with Gasteiger partial charge in [0.2, 0.25) is 5.91 Å². The van der Waals surface area contributed by atoms with E-state index in [1.165, 1.54) is 11.1 Å². The number of nitrogens with two attached hydrogens (primary N) is 1. The summed E-state index contributed by atoms with van der Waals surface area (Å²) >= 11 is 0. The quantitative estimate of drug-likeness (QED) is 0.838. The zero-order valence-electron chi connectivity index (χ0n) is 14.8. The molecule has 0 spiro atoms. The normalized spacial score (nSPS) is 16.6. The van der Waals surface area contributed by atoms with Crippen molar-refractivity contribution in [3.8, 4) is 0 Å². The van der Waals surface area contributed by atoms with Gasteiger partial charge < -0.3 is 10.6 Å². The van der Waals surface area contributed by atoms with Crippen LogP contribution in [0, 0.1) is 0 Å². The average molecular weight is 334 g/mol. The number of hydrogen-bond acceptors (Lipinski definition) is 2. The number of nitrogens with zero attached hydrogens (tertiary/aromatic N) is 1. The molecule has 0 aliphatic heterocycles. The molecule has 0 radical (unpaired) electrons. The Morgan fingerprint density at radius 2 is 2.00 bits per heavy atom. The Hall–Kier alpha value is -2.55. The molecule has 0 heterocycles. The highest BCUT2D eigenvalue weighted by atomic mass is 16.2. The van der Waals surface area contributed by atoms with Gasteiger partial charge in [0.05, 0.1) is 0 Å². The maximum absolute atomic E-state index is 12.5. The lowest BCUT2D eigenvalue weighted by atomic mass is 9.86. The van der Waals surface area contributed by atoms with E-state index in [2.05, 4.69) is 30.4 Å². The monoisotopic (exact) mass is 334 g/mol. The number of carbonyl (C=O) groups is 1. The van der Waals surface area contributed by atoms with Crippen molar-refractivity contribution in [3.63, 3.8) is 0 Å². The molecule has 2 aromatic rings. The topological polar surface area (TPSA) is 46.3 Å². The van der Waals surface area contributed by atoms with Gasteiger partial charge in [0.1, 0.15) is 0 Å². The van der Waals surface area contributed by atoms with Gasteiger partial charge in [-0.1, -0.05) is 61.5 Å². The average Bonchev–Trinajstić information content (AvgIpc) is 2.65. The molecule has 1 aliphatic rings. The van der Waals surface area contributed by atoms with E-state index in [1.54, 1.807) is 0 Å². The highest BCUT2D eigenvalue weighted by Gasteiger charge is 2.26. The number of carbonyl (C=O) groups excluding carboxylic acids is 1. The van der Waals surface area contributed by atoms with Crippen molar-refractivity contribution >= 4 is 17.7 Å². The Bertz CT molecular complexity index is 752. The fraction of sp³-hybridized carbons (Fsp3) is 0.318. The first kappa shape index (κ1) is 17.3. The summed E-state index contributed by atoms with van der Waals surface area (Å²) in [6.45, 7) is 2.59. The van der Waals surface area contributed by atoms with Gasteiger partial charge in [-0.15, -0.1) is 0 Å². The van der Waals surface area contributed by atoms with Gasteiger partial charge >= 0.3 is 0 Å². The SMILES string of the molecule is CCC(=O)N(C/C=C/c1ccccc1)C1CCc2c(N)cccc2C1. The fourth-order valence-corrected chi connectivity index (χ4v) is 3.61. The molecule has 0 aromatic heterocycles.